The average molecular weight is 481 g/mol. The molecule has 180 valence electrons. The number of fused-ring (bicyclic) bond motifs is 2. The second-order valence-corrected chi connectivity index (χ2v) is 13.1. The fourth-order valence-corrected chi connectivity index (χ4v) is 7.18. The van der Waals surface area contributed by atoms with Gasteiger partial charge in [-0.2, -0.15) is 0 Å². The number of hydrogen-bond donors (Lipinski definition) is 1. The topological polar surface area (TPSA) is 83.6 Å². The quantitative estimate of drug-likeness (QED) is 0.636. The van der Waals surface area contributed by atoms with E-state index >= 15 is 0 Å². The van der Waals surface area contributed by atoms with Crippen molar-refractivity contribution in [1.29, 1.82) is 0 Å². The summed E-state index contributed by atoms with van der Waals surface area (Å²) in [5.74, 6) is -0.212. The molecular formula is C27H32N2O4S. The highest BCUT2D eigenvalue weighted by atomic mass is 32.2. The van der Waals surface area contributed by atoms with Gasteiger partial charge in [0.25, 0.3) is 5.91 Å². The fourth-order valence-electron chi connectivity index (χ4n) is 5.72. The molecule has 0 saturated heterocycles. The first kappa shape index (κ1) is 23.2. The minimum Gasteiger partial charge on any atom is -0.307 e. The van der Waals surface area contributed by atoms with E-state index < -0.39 is 15.6 Å². The van der Waals surface area contributed by atoms with Crippen LogP contribution >= 0.6 is 0 Å². The Morgan fingerprint density at radius 2 is 1.68 bits per heavy atom. The van der Waals surface area contributed by atoms with Gasteiger partial charge in [-0.05, 0) is 107 Å². The number of carbonyl (C=O) groups excluding carboxylic acids is 2. The summed E-state index contributed by atoms with van der Waals surface area (Å²) < 4.78 is 28.4. The van der Waals surface area contributed by atoms with Crippen molar-refractivity contribution in [1.82, 2.24) is 4.72 Å². The maximum Gasteiger partial charge on any atom is 0.258 e. The first-order chi connectivity index (χ1) is 16.0. The van der Waals surface area contributed by atoms with E-state index in [0.717, 1.165) is 43.2 Å². The molecule has 0 unspecified atom stereocenters. The number of sulfonamides is 1. The Labute approximate surface area is 201 Å². The lowest BCUT2D eigenvalue weighted by Gasteiger charge is -2.38. The number of hydrogen-bond acceptors (Lipinski definition) is 4. The minimum absolute atomic E-state index is 0.0760. The molecule has 2 fully saturated rings. The van der Waals surface area contributed by atoms with Crippen LogP contribution in [0.1, 0.15) is 85.6 Å². The van der Waals surface area contributed by atoms with Gasteiger partial charge in [-0.3, -0.25) is 9.59 Å². The van der Waals surface area contributed by atoms with E-state index in [0.29, 0.717) is 23.1 Å². The summed E-state index contributed by atoms with van der Waals surface area (Å²) in [7, 11) is -3.76. The van der Waals surface area contributed by atoms with E-state index in [4.69, 9.17) is 0 Å². The highest BCUT2D eigenvalue weighted by molar-refractivity contribution is 7.89. The summed E-state index contributed by atoms with van der Waals surface area (Å²) in [6, 6.07) is 11.8. The second kappa shape index (κ2) is 7.75. The minimum atomic E-state index is -3.76. The standard InChI is InChI=1S/C27H32N2O4S/c1-25(2,3)28-34(32,33)21-6-4-5-20(16-21)24(31)29-18-27(13-11-26(9-10-26)12-14-27)22-15-19(17-30)7-8-23(22)29/h4-8,15-17,28H,9-14,18H2,1-3H3. The Hall–Kier alpha value is -2.51. The van der Waals surface area contributed by atoms with E-state index in [1.807, 2.05) is 12.1 Å². The van der Waals surface area contributed by atoms with Gasteiger partial charge in [-0.15, -0.1) is 0 Å². The van der Waals surface area contributed by atoms with E-state index in [1.165, 1.54) is 25.0 Å². The highest BCUT2D eigenvalue weighted by Gasteiger charge is 2.53. The SMILES string of the molecule is CC(C)(C)NS(=O)(=O)c1cccc(C(=O)N2CC3(CCC4(CC4)CC3)c3cc(C=O)ccc32)c1. The lowest BCUT2D eigenvalue weighted by Crippen LogP contribution is -2.41. The number of anilines is 1. The molecule has 0 radical (unpaired) electrons. The molecule has 2 saturated carbocycles. The summed E-state index contributed by atoms with van der Waals surface area (Å²) in [6.45, 7) is 5.91. The largest absolute Gasteiger partial charge is 0.307 e. The number of aldehydes is 1. The summed E-state index contributed by atoms with van der Waals surface area (Å²) >= 11 is 0. The molecule has 1 N–H and O–H groups in total. The van der Waals surface area contributed by atoms with Gasteiger partial charge in [0, 0.05) is 34.3 Å². The van der Waals surface area contributed by atoms with Crippen molar-refractivity contribution in [2.75, 3.05) is 11.4 Å². The number of rotatable bonds is 4. The van der Waals surface area contributed by atoms with Gasteiger partial charge in [0.2, 0.25) is 10.0 Å². The van der Waals surface area contributed by atoms with Crippen LogP contribution in [-0.4, -0.2) is 32.7 Å². The first-order valence-corrected chi connectivity index (χ1v) is 13.5. The van der Waals surface area contributed by atoms with Crippen LogP contribution in [0.25, 0.3) is 0 Å². The molecule has 3 aliphatic rings. The van der Waals surface area contributed by atoms with Gasteiger partial charge in [0.15, 0.2) is 0 Å². The van der Waals surface area contributed by atoms with Crippen LogP contribution in [0, 0.1) is 5.41 Å². The van der Waals surface area contributed by atoms with E-state index in [1.54, 1.807) is 43.9 Å². The Morgan fingerprint density at radius 1 is 1.00 bits per heavy atom. The predicted molar refractivity (Wildman–Crippen MR) is 132 cm³/mol. The van der Waals surface area contributed by atoms with Gasteiger partial charge < -0.3 is 4.90 Å². The van der Waals surface area contributed by atoms with Crippen molar-refractivity contribution in [3.63, 3.8) is 0 Å². The Bertz CT molecular complexity index is 1260. The third-order valence-electron chi connectivity index (χ3n) is 7.78. The maximum atomic E-state index is 13.7. The van der Waals surface area contributed by atoms with Gasteiger partial charge in [-0.25, -0.2) is 13.1 Å². The smallest absolute Gasteiger partial charge is 0.258 e. The highest BCUT2D eigenvalue weighted by Crippen LogP contribution is 2.62. The number of amides is 1. The lowest BCUT2D eigenvalue weighted by atomic mass is 9.66. The first-order valence-electron chi connectivity index (χ1n) is 12.0. The number of benzene rings is 2. The van der Waals surface area contributed by atoms with Crippen LogP contribution in [0.2, 0.25) is 0 Å². The van der Waals surface area contributed by atoms with Gasteiger partial charge in [0.05, 0.1) is 4.90 Å². The molecule has 2 aromatic carbocycles. The fraction of sp³-hybridized carbons (Fsp3) is 0.481. The molecule has 0 atom stereocenters. The van der Waals surface area contributed by atoms with Crippen molar-refractivity contribution in [2.24, 2.45) is 5.41 Å². The normalized spacial score (nSPS) is 20.4. The molecule has 1 heterocycles. The van der Waals surface area contributed by atoms with Crippen molar-refractivity contribution in [3.8, 4) is 0 Å². The third-order valence-corrected chi connectivity index (χ3v) is 9.54. The zero-order valence-corrected chi connectivity index (χ0v) is 20.9. The third kappa shape index (κ3) is 4.09. The van der Waals surface area contributed by atoms with Crippen LogP contribution in [0.5, 0.6) is 0 Å². The van der Waals surface area contributed by atoms with Crippen molar-refractivity contribution < 1.29 is 18.0 Å². The van der Waals surface area contributed by atoms with E-state index in [-0.39, 0.29) is 16.2 Å². The Kier molecular flexibility index (Phi) is 5.30. The Balaban J connectivity index is 1.49. The molecular weight excluding hydrogens is 448 g/mol. The van der Waals surface area contributed by atoms with Gasteiger partial charge in [-0.1, -0.05) is 6.07 Å². The summed E-state index contributed by atoms with van der Waals surface area (Å²) in [5, 5.41) is 0. The average Bonchev–Trinajstić information content (AvgIpc) is 3.49. The van der Waals surface area contributed by atoms with E-state index in [9.17, 15) is 18.0 Å². The molecule has 34 heavy (non-hydrogen) atoms. The van der Waals surface area contributed by atoms with Crippen LogP contribution in [0.3, 0.4) is 0 Å². The Morgan fingerprint density at radius 3 is 2.29 bits per heavy atom. The van der Waals surface area contributed by atoms with Crippen LogP contribution < -0.4 is 9.62 Å². The van der Waals surface area contributed by atoms with Crippen molar-refractivity contribution in [3.05, 3.63) is 59.2 Å². The van der Waals surface area contributed by atoms with Crippen LogP contribution in [-0.2, 0) is 15.4 Å². The molecule has 1 amide bonds. The summed E-state index contributed by atoms with van der Waals surface area (Å²) in [6.07, 6.45) is 7.80. The molecule has 0 bridgehead atoms. The molecule has 6 nitrogen and oxygen atoms in total. The molecule has 0 aromatic heterocycles. The molecule has 7 heteroatoms. The molecule has 2 spiro atoms. The van der Waals surface area contributed by atoms with E-state index in [2.05, 4.69) is 4.72 Å². The van der Waals surface area contributed by atoms with Gasteiger partial charge >= 0.3 is 0 Å². The van der Waals surface area contributed by atoms with Gasteiger partial charge in [0.1, 0.15) is 6.29 Å². The van der Waals surface area contributed by atoms with Crippen LogP contribution in [0.4, 0.5) is 5.69 Å². The maximum absolute atomic E-state index is 13.7. The monoisotopic (exact) mass is 480 g/mol. The lowest BCUT2D eigenvalue weighted by molar-refractivity contribution is 0.0979. The molecule has 1 aliphatic heterocycles. The second-order valence-electron chi connectivity index (χ2n) is 11.4. The number of carbonyl (C=O) groups is 2. The molecule has 2 aromatic rings. The summed E-state index contributed by atoms with van der Waals surface area (Å²) in [4.78, 5) is 27.1. The zero-order chi connectivity index (χ0) is 24.4. The molecule has 5 rings (SSSR count). The number of nitrogens with zero attached hydrogens (tertiary/aromatic N) is 1. The predicted octanol–water partition coefficient (Wildman–Crippen LogP) is 4.83. The molecule has 2 aliphatic carbocycles. The van der Waals surface area contributed by atoms with Crippen molar-refractivity contribution in [2.45, 2.75) is 75.1 Å². The number of nitrogens with one attached hydrogen (secondary N) is 1. The zero-order valence-electron chi connectivity index (χ0n) is 20.1. The van der Waals surface area contributed by atoms with Crippen LogP contribution in [0.15, 0.2) is 47.4 Å². The summed E-state index contributed by atoms with van der Waals surface area (Å²) in [5.41, 5.74) is 2.62. The van der Waals surface area contributed by atoms with Crippen molar-refractivity contribution >= 4 is 27.9 Å².